The van der Waals surface area contributed by atoms with Crippen molar-refractivity contribution >= 4 is 17.5 Å². The second-order valence-corrected chi connectivity index (χ2v) is 2.44. The third-order valence-corrected chi connectivity index (χ3v) is 1.37. The molecular weight excluding hydrogens is 153 g/mol. The molecule has 0 saturated heterocycles. The lowest BCUT2D eigenvalue weighted by Crippen LogP contribution is -2.02. The van der Waals surface area contributed by atoms with Gasteiger partial charge in [-0.25, -0.2) is 4.39 Å². The third kappa shape index (κ3) is 1.39. The summed E-state index contributed by atoms with van der Waals surface area (Å²) in [5, 5.41) is 0. The van der Waals surface area contributed by atoms with Gasteiger partial charge in [-0.1, -0.05) is 12.1 Å². The van der Waals surface area contributed by atoms with Gasteiger partial charge in [0.05, 0.1) is 5.69 Å². The first kappa shape index (κ1) is 7.35. The fourth-order valence-electron chi connectivity index (χ4n) is 0.702. The molecule has 0 bridgehead atoms. The van der Waals surface area contributed by atoms with Crippen LogP contribution in [0.1, 0.15) is 0 Å². The summed E-state index contributed by atoms with van der Waals surface area (Å²) >= 11 is 5.50. The van der Waals surface area contributed by atoms with Gasteiger partial charge in [-0.3, -0.25) is 4.42 Å². The van der Waals surface area contributed by atoms with E-state index in [0.717, 1.165) is 0 Å². The van der Waals surface area contributed by atoms with Crippen molar-refractivity contribution in [2.75, 3.05) is 11.5 Å². The fraction of sp³-hybridized carbons (Fsp3) is 0.143. The van der Waals surface area contributed by atoms with E-state index >= 15 is 0 Å². The van der Waals surface area contributed by atoms with Crippen LogP contribution >= 0.6 is 11.8 Å². The molecule has 0 aliphatic carbocycles. The lowest BCUT2D eigenvalue weighted by Gasteiger charge is -2.08. The van der Waals surface area contributed by atoms with Gasteiger partial charge >= 0.3 is 0 Å². The number of para-hydroxylation sites is 1. The van der Waals surface area contributed by atoms with Crippen molar-refractivity contribution in [1.82, 2.24) is 0 Å². The quantitative estimate of drug-likeness (QED) is 0.569. The van der Waals surface area contributed by atoms with Gasteiger partial charge in [-0.15, -0.1) is 0 Å². The van der Waals surface area contributed by atoms with Gasteiger partial charge in [0.2, 0.25) is 0 Å². The van der Waals surface area contributed by atoms with Gasteiger partial charge < -0.3 is 0 Å². The standard InChI is InChI=1S/C7H7ClFN/c1-10(8)7-5-3-2-4-6(7)9/h2-5H,1H3. The topological polar surface area (TPSA) is 3.24 Å². The zero-order valence-electron chi connectivity index (χ0n) is 5.51. The minimum atomic E-state index is -0.306. The smallest absolute Gasteiger partial charge is 0.147 e. The molecule has 3 heteroatoms. The highest BCUT2D eigenvalue weighted by Crippen LogP contribution is 2.17. The predicted octanol–water partition coefficient (Wildman–Crippen LogP) is 2.42. The van der Waals surface area contributed by atoms with Crippen LogP contribution in [-0.4, -0.2) is 7.05 Å². The Morgan fingerprint density at radius 1 is 1.40 bits per heavy atom. The molecular formula is C7H7ClFN. The van der Waals surface area contributed by atoms with E-state index < -0.39 is 0 Å². The van der Waals surface area contributed by atoms with E-state index in [1.807, 2.05) is 0 Å². The second kappa shape index (κ2) is 2.88. The van der Waals surface area contributed by atoms with Crippen LogP contribution in [0.15, 0.2) is 24.3 Å². The van der Waals surface area contributed by atoms with Gasteiger partial charge in [0.25, 0.3) is 0 Å². The summed E-state index contributed by atoms with van der Waals surface area (Å²) in [7, 11) is 1.58. The van der Waals surface area contributed by atoms with E-state index in [4.69, 9.17) is 11.8 Å². The molecule has 0 aliphatic heterocycles. The molecule has 1 aromatic carbocycles. The van der Waals surface area contributed by atoms with Gasteiger partial charge in [0.1, 0.15) is 5.82 Å². The summed E-state index contributed by atoms with van der Waals surface area (Å²) in [6.45, 7) is 0. The Kier molecular flexibility index (Phi) is 2.12. The summed E-state index contributed by atoms with van der Waals surface area (Å²) in [5.74, 6) is -0.306. The van der Waals surface area contributed by atoms with Crippen molar-refractivity contribution in [2.45, 2.75) is 0 Å². The molecule has 0 aliphatic rings. The number of hydrogen-bond donors (Lipinski definition) is 0. The molecule has 0 aromatic heterocycles. The van der Waals surface area contributed by atoms with Crippen molar-refractivity contribution in [3.63, 3.8) is 0 Å². The monoisotopic (exact) mass is 159 g/mol. The Balaban J connectivity index is 3.03. The maximum absolute atomic E-state index is 12.7. The van der Waals surface area contributed by atoms with Crippen LogP contribution in [0.25, 0.3) is 0 Å². The van der Waals surface area contributed by atoms with Crippen molar-refractivity contribution in [3.05, 3.63) is 30.1 Å². The Bertz CT molecular complexity index is 225. The van der Waals surface area contributed by atoms with Crippen LogP contribution in [0.5, 0.6) is 0 Å². The first-order valence-corrected chi connectivity index (χ1v) is 3.19. The van der Waals surface area contributed by atoms with Crippen LogP contribution < -0.4 is 4.42 Å². The fourth-order valence-corrected chi connectivity index (χ4v) is 0.839. The van der Waals surface area contributed by atoms with E-state index in [2.05, 4.69) is 0 Å². The van der Waals surface area contributed by atoms with E-state index in [1.54, 1.807) is 25.2 Å². The minimum Gasteiger partial charge on any atom is -0.285 e. The minimum absolute atomic E-state index is 0.306. The highest BCUT2D eigenvalue weighted by Gasteiger charge is 2.01. The molecule has 0 saturated carbocycles. The predicted molar refractivity (Wildman–Crippen MR) is 40.7 cm³/mol. The summed E-state index contributed by atoms with van der Waals surface area (Å²) in [5.41, 5.74) is 0.393. The molecule has 0 spiro atoms. The molecule has 10 heavy (non-hydrogen) atoms. The van der Waals surface area contributed by atoms with Gasteiger partial charge in [0.15, 0.2) is 0 Å². The van der Waals surface area contributed by atoms with E-state index in [-0.39, 0.29) is 5.82 Å². The molecule has 0 atom stereocenters. The lowest BCUT2D eigenvalue weighted by atomic mass is 10.3. The molecule has 1 nitrogen and oxygen atoms in total. The maximum atomic E-state index is 12.7. The zero-order valence-corrected chi connectivity index (χ0v) is 6.27. The van der Waals surface area contributed by atoms with Crippen LogP contribution in [-0.2, 0) is 0 Å². The molecule has 0 unspecified atom stereocenters. The van der Waals surface area contributed by atoms with Crippen molar-refractivity contribution in [1.29, 1.82) is 0 Å². The van der Waals surface area contributed by atoms with Crippen molar-refractivity contribution in [2.24, 2.45) is 0 Å². The Morgan fingerprint density at radius 2 is 2.00 bits per heavy atom. The molecule has 0 heterocycles. The molecule has 0 amide bonds. The number of hydrogen-bond acceptors (Lipinski definition) is 1. The van der Waals surface area contributed by atoms with Crippen LogP contribution in [0, 0.1) is 5.82 Å². The summed E-state index contributed by atoms with van der Waals surface area (Å²) in [6, 6.07) is 6.34. The van der Waals surface area contributed by atoms with Crippen LogP contribution in [0.3, 0.4) is 0 Å². The van der Waals surface area contributed by atoms with E-state index in [1.165, 1.54) is 10.5 Å². The normalized spacial score (nSPS) is 9.50. The number of rotatable bonds is 1. The Hall–Kier alpha value is -0.760. The molecule has 54 valence electrons. The Labute approximate surface area is 64.1 Å². The lowest BCUT2D eigenvalue weighted by molar-refractivity contribution is 0.629. The molecule has 1 rings (SSSR count). The number of nitrogens with zero attached hydrogens (tertiary/aromatic N) is 1. The third-order valence-electron chi connectivity index (χ3n) is 1.18. The maximum Gasteiger partial charge on any atom is 0.147 e. The summed E-state index contributed by atoms with van der Waals surface area (Å²) in [4.78, 5) is 0. The van der Waals surface area contributed by atoms with E-state index in [0.29, 0.717) is 5.69 Å². The van der Waals surface area contributed by atoms with Gasteiger partial charge in [-0.05, 0) is 12.1 Å². The number of anilines is 1. The average Bonchev–Trinajstić information content (AvgIpc) is 1.88. The highest BCUT2D eigenvalue weighted by atomic mass is 35.5. The number of benzene rings is 1. The van der Waals surface area contributed by atoms with E-state index in [9.17, 15) is 4.39 Å². The molecule has 0 radical (unpaired) electrons. The largest absolute Gasteiger partial charge is 0.285 e. The molecule has 0 fully saturated rings. The second-order valence-electron chi connectivity index (χ2n) is 1.93. The summed E-state index contributed by atoms with van der Waals surface area (Å²) < 4.78 is 13.9. The first-order valence-electron chi connectivity index (χ1n) is 2.86. The van der Waals surface area contributed by atoms with Gasteiger partial charge in [-0.2, -0.15) is 0 Å². The first-order chi connectivity index (χ1) is 4.72. The van der Waals surface area contributed by atoms with Crippen LogP contribution in [0.2, 0.25) is 0 Å². The molecule has 0 N–H and O–H groups in total. The SMILES string of the molecule is CN(Cl)c1ccccc1F. The number of halogens is 2. The highest BCUT2D eigenvalue weighted by molar-refractivity contribution is 6.25. The molecule has 1 aromatic rings. The average molecular weight is 160 g/mol. The van der Waals surface area contributed by atoms with Crippen molar-refractivity contribution < 1.29 is 4.39 Å². The summed E-state index contributed by atoms with van der Waals surface area (Å²) in [6.07, 6.45) is 0. The Morgan fingerprint density at radius 3 is 2.40 bits per heavy atom. The van der Waals surface area contributed by atoms with Gasteiger partial charge in [0, 0.05) is 18.8 Å². The van der Waals surface area contributed by atoms with Crippen molar-refractivity contribution in [3.8, 4) is 0 Å². The van der Waals surface area contributed by atoms with Crippen LogP contribution in [0.4, 0.5) is 10.1 Å². The zero-order chi connectivity index (χ0) is 7.56.